The van der Waals surface area contributed by atoms with Crippen molar-refractivity contribution in [2.45, 2.75) is 20.8 Å². The van der Waals surface area contributed by atoms with Crippen molar-refractivity contribution in [1.29, 1.82) is 0 Å². The first-order valence-corrected chi connectivity index (χ1v) is 8.48. The molecule has 130 valence electrons. The van der Waals surface area contributed by atoms with Gasteiger partial charge in [0.25, 0.3) is 5.91 Å². The molecule has 0 saturated heterocycles. The fraction of sp³-hybridized carbons (Fsp3) is 0.200. The van der Waals surface area contributed by atoms with Gasteiger partial charge >= 0.3 is 0 Å². The van der Waals surface area contributed by atoms with Crippen molar-refractivity contribution in [3.05, 3.63) is 54.1 Å². The van der Waals surface area contributed by atoms with Gasteiger partial charge in [0.15, 0.2) is 0 Å². The molecule has 1 amide bonds. The first-order valence-electron chi connectivity index (χ1n) is 8.48. The summed E-state index contributed by atoms with van der Waals surface area (Å²) in [6.45, 7) is 5.74. The Morgan fingerprint density at radius 3 is 2.58 bits per heavy atom. The normalized spacial score (nSPS) is 17.9. The van der Waals surface area contributed by atoms with Crippen molar-refractivity contribution in [2.75, 3.05) is 5.01 Å². The average molecular weight is 345 g/mol. The number of aryl methyl sites for hydroxylation is 1. The van der Waals surface area contributed by atoms with Crippen LogP contribution in [0.3, 0.4) is 0 Å². The number of carbonyl (C=O) groups excluding carboxylic acids is 1. The molecule has 1 N–H and O–H groups in total. The number of nitrogens with one attached hydrogen (secondary N) is 1. The molecule has 3 aromatic rings. The topological polar surface area (TPSA) is 73.7 Å². The Hall–Kier alpha value is -3.28. The lowest BCUT2D eigenvalue weighted by Crippen LogP contribution is -2.32. The Kier molecular flexibility index (Phi) is 3.88. The van der Waals surface area contributed by atoms with Gasteiger partial charge in [0.1, 0.15) is 5.92 Å². The molecule has 1 aromatic heterocycles. The van der Waals surface area contributed by atoms with E-state index >= 15 is 0 Å². The molecule has 0 aliphatic carbocycles. The van der Waals surface area contributed by atoms with E-state index in [-0.39, 0.29) is 5.91 Å². The summed E-state index contributed by atoms with van der Waals surface area (Å²) in [5, 5.41) is 5.76. The summed E-state index contributed by atoms with van der Waals surface area (Å²) < 4.78 is 0. The number of rotatable bonds is 3. The van der Waals surface area contributed by atoms with Gasteiger partial charge in [-0.2, -0.15) is 10.1 Å². The van der Waals surface area contributed by atoms with Crippen LogP contribution in [-0.4, -0.2) is 27.3 Å². The molecule has 1 atom stereocenters. The average Bonchev–Trinajstić information content (AvgIpc) is 3.17. The monoisotopic (exact) mass is 345 g/mol. The molecule has 1 unspecified atom stereocenters. The van der Waals surface area contributed by atoms with Gasteiger partial charge in [-0.3, -0.25) is 9.79 Å². The van der Waals surface area contributed by atoms with E-state index in [2.05, 4.69) is 20.1 Å². The molecule has 26 heavy (non-hydrogen) atoms. The number of carbonyl (C=O) groups is 1. The number of nitrogens with zero attached hydrogens (tertiary/aromatic N) is 4. The Balaban J connectivity index is 1.64. The van der Waals surface area contributed by atoms with Crippen LogP contribution in [-0.2, 0) is 4.79 Å². The number of benzene rings is 2. The Morgan fingerprint density at radius 1 is 1.12 bits per heavy atom. The van der Waals surface area contributed by atoms with E-state index in [4.69, 9.17) is 0 Å². The van der Waals surface area contributed by atoms with Crippen LogP contribution < -0.4 is 5.01 Å². The molecule has 0 fully saturated rings. The molecule has 0 saturated carbocycles. The van der Waals surface area contributed by atoms with Crippen molar-refractivity contribution in [3.63, 3.8) is 0 Å². The second kappa shape index (κ2) is 6.22. The highest BCUT2D eigenvalue weighted by Crippen LogP contribution is 2.26. The van der Waals surface area contributed by atoms with Gasteiger partial charge in [-0.15, -0.1) is 0 Å². The largest absolute Gasteiger partial charge is 0.322 e. The summed E-state index contributed by atoms with van der Waals surface area (Å²) in [6.07, 6.45) is 0. The number of hydrogen-bond donors (Lipinski definition) is 1. The fourth-order valence-corrected chi connectivity index (χ4v) is 3.13. The summed E-state index contributed by atoms with van der Waals surface area (Å²) in [5.41, 5.74) is 5.11. The van der Waals surface area contributed by atoms with Crippen LogP contribution in [0.15, 0.2) is 58.6 Å². The molecule has 6 nitrogen and oxygen atoms in total. The maximum absolute atomic E-state index is 12.9. The van der Waals surface area contributed by atoms with Crippen molar-refractivity contribution in [3.8, 4) is 0 Å². The van der Waals surface area contributed by atoms with Crippen molar-refractivity contribution in [1.82, 2.24) is 9.97 Å². The number of para-hydroxylation sites is 2. The third-order valence-electron chi connectivity index (χ3n) is 4.47. The first kappa shape index (κ1) is 16.2. The quantitative estimate of drug-likeness (QED) is 0.729. The number of hydrogen-bond acceptors (Lipinski definition) is 4. The van der Waals surface area contributed by atoms with Gasteiger partial charge in [0.2, 0.25) is 5.95 Å². The molecule has 4 rings (SSSR count). The van der Waals surface area contributed by atoms with Crippen LogP contribution >= 0.6 is 0 Å². The minimum Gasteiger partial charge on any atom is -0.322 e. The minimum absolute atomic E-state index is 0.144. The zero-order valence-corrected chi connectivity index (χ0v) is 14.9. The number of amides is 1. The van der Waals surface area contributed by atoms with Crippen molar-refractivity contribution in [2.24, 2.45) is 16.0 Å². The van der Waals surface area contributed by atoms with E-state index in [9.17, 15) is 4.79 Å². The summed E-state index contributed by atoms with van der Waals surface area (Å²) in [4.78, 5) is 25.2. The number of aliphatic imine (C=N–C) groups is 1. The highest BCUT2D eigenvalue weighted by Gasteiger charge is 2.37. The predicted molar refractivity (Wildman–Crippen MR) is 104 cm³/mol. The van der Waals surface area contributed by atoms with Crippen LogP contribution in [0.4, 0.5) is 11.6 Å². The molecule has 1 aliphatic rings. The Morgan fingerprint density at radius 2 is 1.85 bits per heavy atom. The third-order valence-corrected chi connectivity index (χ3v) is 4.47. The maximum atomic E-state index is 12.9. The smallest absolute Gasteiger partial charge is 0.264 e. The van der Waals surface area contributed by atoms with E-state index in [0.717, 1.165) is 22.4 Å². The standard InChI is InChI=1S/C20H19N5O/c1-12-8-10-15(11-9-12)21-13(2)18-14(3)24-25(19(18)26)20-22-16-6-4-5-7-17(16)23-20/h4-11,18H,1-3H3,(H,22,23). The SMILES string of the molecule is CC(=Nc1ccc(C)cc1)C1C(=O)N(c2nc3ccccc3[nH]2)N=C1C. The number of hydrazone groups is 1. The summed E-state index contributed by atoms with van der Waals surface area (Å²) >= 11 is 0. The number of anilines is 1. The lowest BCUT2D eigenvalue weighted by molar-refractivity contribution is -0.118. The molecule has 0 radical (unpaired) electrons. The Labute approximate surface area is 151 Å². The van der Waals surface area contributed by atoms with Gasteiger partial charge < -0.3 is 4.98 Å². The van der Waals surface area contributed by atoms with Crippen LogP contribution in [0, 0.1) is 12.8 Å². The number of imidazole rings is 1. The zero-order valence-electron chi connectivity index (χ0n) is 14.9. The molecule has 2 aromatic carbocycles. The highest BCUT2D eigenvalue weighted by molar-refractivity contribution is 6.27. The number of fused-ring (bicyclic) bond motifs is 1. The van der Waals surface area contributed by atoms with E-state index in [1.54, 1.807) is 0 Å². The number of aromatic nitrogens is 2. The van der Waals surface area contributed by atoms with E-state index in [1.165, 1.54) is 10.6 Å². The van der Waals surface area contributed by atoms with Gasteiger partial charge in [-0.05, 0) is 45.0 Å². The van der Waals surface area contributed by atoms with Crippen LogP contribution in [0.25, 0.3) is 11.0 Å². The molecule has 2 heterocycles. The summed E-state index contributed by atoms with van der Waals surface area (Å²) in [6, 6.07) is 15.6. The number of H-pyrrole nitrogens is 1. The third kappa shape index (κ3) is 2.79. The lowest BCUT2D eigenvalue weighted by atomic mass is 9.99. The number of aromatic amines is 1. The van der Waals surface area contributed by atoms with E-state index in [1.807, 2.05) is 69.3 Å². The van der Waals surface area contributed by atoms with Crippen LogP contribution in [0.1, 0.15) is 19.4 Å². The van der Waals surface area contributed by atoms with E-state index < -0.39 is 5.92 Å². The first-order chi connectivity index (χ1) is 12.5. The molecule has 1 aliphatic heterocycles. The predicted octanol–water partition coefficient (Wildman–Crippen LogP) is 4.00. The summed E-state index contributed by atoms with van der Waals surface area (Å²) in [5.74, 6) is -0.180. The fourth-order valence-electron chi connectivity index (χ4n) is 3.13. The van der Waals surface area contributed by atoms with Gasteiger partial charge in [0, 0.05) is 5.71 Å². The summed E-state index contributed by atoms with van der Waals surface area (Å²) in [7, 11) is 0. The second-order valence-electron chi connectivity index (χ2n) is 6.49. The van der Waals surface area contributed by atoms with Crippen molar-refractivity contribution >= 4 is 40.0 Å². The zero-order chi connectivity index (χ0) is 18.3. The maximum Gasteiger partial charge on any atom is 0.264 e. The molecular formula is C20H19N5O. The lowest BCUT2D eigenvalue weighted by Gasteiger charge is -2.11. The van der Waals surface area contributed by atoms with Crippen LogP contribution in [0.2, 0.25) is 0 Å². The Bertz CT molecular complexity index is 1010. The second-order valence-corrected chi connectivity index (χ2v) is 6.49. The van der Waals surface area contributed by atoms with Gasteiger partial charge in [-0.1, -0.05) is 29.8 Å². The van der Waals surface area contributed by atoms with Gasteiger partial charge in [-0.25, -0.2) is 4.98 Å². The molecule has 6 heteroatoms. The minimum atomic E-state index is -0.468. The highest BCUT2D eigenvalue weighted by atomic mass is 16.2. The van der Waals surface area contributed by atoms with E-state index in [0.29, 0.717) is 11.7 Å². The van der Waals surface area contributed by atoms with Crippen molar-refractivity contribution < 1.29 is 4.79 Å². The molecule has 0 spiro atoms. The van der Waals surface area contributed by atoms with Gasteiger partial charge in [0.05, 0.1) is 22.4 Å². The molecule has 0 bridgehead atoms. The van der Waals surface area contributed by atoms with Crippen LogP contribution in [0.5, 0.6) is 0 Å². The molecular weight excluding hydrogens is 326 g/mol.